The first-order chi connectivity index (χ1) is 10.1. The van der Waals surface area contributed by atoms with Gasteiger partial charge < -0.3 is 10.2 Å². The lowest BCUT2D eigenvalue weighted by Crippen LogP contribution is -2.51. The molecule has 2 bridgehead atoms. The van der Waals surface area contributed by atoms with Gasteiger partial charge in [-0.3, -0.25) is 0 Å². The summed E-state index contributed by atoms with van der Waals surface area (Å²) in [6, 6.07) is 2.77. The van der Waals surface area contributed by atoms with Crippen LogP contribution >= 0.6 is 34.8 Å². The number of fused-ring (bicyclic) bond motifs is 3. The van der Waals surface area contributed by atoms with Crippen LogP contribution in [0.3, 0.4) is 0 Å². The summed E-state index contributed by atoms with van der Waals surface area (Å²) in [7, 11) is 0. The molecule has 2 aliphatic heterocycles. The number of anilines is 1. The van der Waals surface area contributed by atoms with Gasteiger partial charge in [-0.05, 0) is 30.5 Å². The highest BCUT2D eigenvalue weighted by molar-refractivity contribution is 6.41. The van der Waals surface area contributed by atoms with Crippen molar-refractivity contribution in [2.75, 3.05) is 18.0 Å². The van der Waals surface area contributed by atoms with Gasteiger partial charge in [-0.1, -0.05) is 23.2 Å². The molecule has 4 heterocycles. The van der Waals surface area contributed by atoms with Crippen LogP contribution in [0.15, 0.2) is 6.07 Å². The molecule has 2 fully saturated rings. The molecule has 2 aliphatic rings. The van der Waals surface area contributed by atoms with Gasteiger partial charge in [-0.25, -0.2) is 4.98 Å². The number of pyridine rings is 1. The molecule has 0 radical (unpaired) electrons. The molecule has 2 unspecified atom stereocenters. The maximum absolute atomic E-state index is 6.09. The summed E-state index contributed by atoms with van der Waals surface area (Å²) in [5.74, 6) is 0.787. The molecule has 4 rings (SSSR count). The summed E-state index contributed by atoms with van der Waals surface area (Å²) in [5, 5.41) is 5.18. The van der Waals surface area contributed by atoms with E-state index in [9.17, 15) is 0 Å². The molecule has 2 aromatic heterocycles. The van der Waals surface area contributed by atoms with E-state index in [1.54, 1.807) is 6.07 Å². The molecule has 110 valence electrons. The second-order valence-electron chi connectivity index (χ2n) is 5.49. The van der Waals surface area contributed by atoms with Crippen molar-refractivity contribution >= 4 is 51.7 Å². The SMILES string of the molecule is Clc1nc(N2CC3CCC(C2)N3)c2cc(Cl)c(Cl)nc2n1. The maximum atomic E-state index is 6.09. The van der Waals surface area contributed by atoms with E-state index < -0.39 is 0 Å². The fourth-order valence-electron chi connectivity index (χ4n) is 3.18. The first kappa shape index (κ1) is 13.8. The average molecular weight is 345 g/mol. The normalized spacial score (nSPS) is 24.8. The van der Waals surface area contributed by atoms with Gasteiger partial charge in [0, 0.05) is 25.2 Å². The van der Waals surface area contributed by atoms with Crippen molar-refractivity contribution in [2.24, 2.45) is 0 Å². The Morgan fingerprint density at radius 2 is 1.76 bits per heavy atom. The molecular formula is C13H12Cl3N5. The highest BCUT2D eigenvalue weighted by Gasteiger charge is 2.33. The number of piperazine rings is 1. The molecule has 8 heteroatoms. The van der Waals surface area contributed by atoms with Crippen molar-refractivity contribution < 1.29 is 0 Å². The minimum Gasteiger partial charge on any atom is -0.353 e. The van der Waals surface area contributed by atoms with Crippen molar-refractivity contribution in [1.29, 1.82) is 0 Å². The molecule has 5 nitrogen and oxygen atoms in total. The molecule has 1 N–H and O–H groups in total. The Bertz CT molecular complexity index is 711. The van der Waals surface area contributed by atoms with Crippen molar-refractivity contribution in [3.63, 3.8) is 0 Å². The van der Waals surface area contributed by atoms with Crippen LogP contribution in [-0.2, 0) is 0 Å². The van der Waals surface area contributed by atoms with Crippen LogP contribution in [-0.4, -0.2) is 40.1 Å². The lowest BCUT2D eigenvalue weighted by molar-refractivity contribution is 0.464. The van der Waals surface area contributed by atoms with Crippen LogP contribution in [0.5, 0.6) is 0 Å². The predicted octanol–water partition coefficient (Wildman–Crippen LogP) is 2.93. The van der Waals surface area contributed by atoms with Gasteiger partial charge in [-0.2, -0.15) is 9.97 Å². The summed E-state index contributed by atoms with van der Waals surface area (Å²) >= 11 is 18.1. The molecule has 2 aromatic rings. The van der Waals surface area contributed by atoms with Crippen LogP contribution in [0, 0.1) is 0 Å². The maximum Gasteiger partial charge on any atom is 0.226 e. The molecular weight excluding hydrogens is 333 g/mol. The van der Waals surface area contributed by atoms with Crippen LogP contribution in [0.2, 0.25) is 15.5 Å². The first-order valence-corrected chi connectivity index (χ1v) is 7.94. The Morgan fingerprint density at radius 3 is 2.48 bits per heavy atom. The third-order valence-corrected chi connectivity index (χ3v) is 4.91. The quantitative estimate of drug-likeness (QED) is 0.637. The molecule has 0 spiro atoms. The van der Waals surface area contributed by atoms with Crippen molar-refractivity contribution in [1.82, 2.24) is 20.3 Å². The molecule has 0 amide bonds. The van der Waals surface area contributed by atoms with Gasteiger partial charge in [-0.15, -0.1) is 0 Å². The summed E-state index contributed by atoms with van der Waals surface area (Å²) in [6.07, 6.45) is 2.39. The smallest absolute Gasteiger partial charge is 0.226 e. The van der Waals surface area contributed by atoms with E-state index in [0.29, 0.717) is 22.8 Å². The topological polar surface area (TPSA) is 53.9 Å². The van der Waals surface area contributed by atoms with E-state index in [-0.39, 0.29) is 10.4 Å². The van der Waals surface area contributed by atoms with Crippen LogP contribution in [0.4, 0.5) is 5.82 Å². The van der Waals surface area contributed by atoms with E-state index in [0.717, 1.165) is 24.3 Å². The van der Waals surface area contributed by atoms with Gasteiger partial charge in [0.2, 0.25) is 5.28 Å². The van der Waals surface area contributed by atoms with E-state index in [2.05, 4.69) is 25.2 Å². The van der Waals surface area contributed by atoms with E-state index in [1.165, 1.54) is 12.8 Å². The van der Waals surface area contributed by atoms with Crippen LogP contribution < -0.4 is 10.2 Å². The van der Waals surface area contributed by atoms with E-state index in [1.807, 2.05) is 0 Å². The fourth-order valence-corrected chi connectivity index (χ4v) is 3.62. The van der Waals surface area contributed by atoms with Gasteiger partial charge in [0.05, 0.1) is 10.4 Å². The molecule has 0 aromatic carbocycles. The fraction of sp³-hybridized carbons (Fsp3) is 0.462. The Balaban J connectivity index is 1.85. The Labute approximate surface area is 136 Å². The lowest BCUT2D eigenvalue weighted by Gasteiger charge is -2.34. The molecule has 2 saturated heterocycles. The van der Waals surface area contributed by atoms with Crippen LogP contribution in [0.1, 0.15) is 12.8 Å². The minimum absolute atomic E-state index is 0.175. The zero-order chi connectivity index (χ0) is 14.6. The lowest BCUT2D eigenvalue weighted by atomic mass is 10.2. The molecule has 0 saturated carbocycles. The van der Waals surface area contributed by atoms with Gasteiger partial charge >= 0.3 is 0 Å². The molecule has 21 heavy (non-hydrogen) atoms. The number of hydrogen-bond acceptors (Lipinski definition) is 5. The first-order valence-electron chi connectivity index (χ1n) is 6.80. The van der Waals surface area contributed by atoms with Crippen molar-refractivity contribution in [3.05, 3.63) is 21.5 Å². The standard InChI is InChI=1S/C13H12Cl3N5/c14-9-3-8-11(18-10(9)15)19-13(16)20-12(8)21-4-6-1-2-7(5-21)17-6/h3,6-7,17H,1-2,4-5H2. The predicted molar refractivity (Wildman–Crippen MR) is 84.5 cm³/mol. The Morgan fingerprint density at radius 1 is 1.05 bits per heavy atom. The average Bonchev–Trinajstić information content (AvgIpc) is 2.78. The summed E-state index contributed by atoms with van der Waals surface area (Å²) in [4.78, 5) is 15.0. The second-order valence-corrected chi connectivity index (χ2v) is 6.59. The highest BCUT2D eigenvalue weighted by atomic mass is 35.5. The largest absolute Gasteiger partial charge is 0.353 e. The minimum atomic E-state index is 0.175. The number of halogens is 3. The summed E-state index contributed by atoms with van der Waals surface area (Å²) < 4.78 is 0. The zero-order valence-electron chi connectivity index (χ0n) is 11.0. The van der Waals surface area contributed by atoms with Gasteiger partial charge in [0.15, 0.2) is 5.65 Å². The summed E-state index contributed by atoms with van der Waals surface area (Å²) in [6.45, 7) is 1.80. The number of aromatic nitrogens is 3. The number of nitrogens with zero attached hydrogens (tertiary/aromatic N) is 4. The highest BCUT2D eigenvalue weighted by Crippen LogP contribution is 2.32. The Hall–Kier alpha value is -0.880. The van der Waals surface area contributed by atoms with E-state index >= 15 is 0 Å². The third-order valence-electron chi connectivity index (χ3n) is 4.07. The monoisotopic (exact) mass is 343 g/mol. The summed E-state index contributed by atoms with van der Waals surface area (Å²) in [5.41, 5.74) is 0.477. The third kappa shape index (κ3) is 2.42. The van der Waals surface area contributed by atoms with Crippen molar-refractivity contribution in [2.45, 2.75) is 24.9 Å². The number of nitrogens with one attached hydrogen (secondary N) is 1. The van der Waals surface area contributed by atoms with Gasteiger partial charge in [0.1, 0.15) is 11.0 Å². The zero-order valence-corrected chi connectivity index (χ0v) is 13.3. The Kier molecular flexibility index (Phi) is 3.34. The second kappa shape index (κ2) is 5.09. The van der Waals surface area contributed by atoms with E-state index in [4.69, 9.17) is 34.8 Å². The van der Waals surface area contributed by atoms with Crippen LogP contribution in [0.25, 0.3) is 11.0 Å². The number of rotatable bonds is 1. The van der Waals surface area contributed by atoms with Crippen molar-refractivity contribution in [3.8, 4) is 0 Å². The van der Waals surface area contributed by atoms with Gasteiger partial charge in [0.25, 0.3) is 0 Å². The molecule has 2 atom stereocenters. The molecule has 0 aliphatic carbocycles. The number of hydrogen-bond donors (Lipinski definition) is 1.